The summed E-state index contributed by atoms with van der Waals surface area (Å²) < 4.78 is 1.63. The van der Waals surface area contributed by atoms with Crippen LogP contribution in [0.2, 0.25) is 0 Å². The van der Waals surface area contributed by atoms with Gasteiger partial charge in [-0.2, -0.15) is 0 Å². The number of allylic oxidation sites excluding steroid dienone is 5. The van der Waals surface area contributed by atoms with Crippen molar-refractivity contribution in [3.8, 4) is 5.69 Å². The maximum Gasteiger partial charge on any atom is 0.272 e. The number of likely N-dealkylation sites (tertiary alicyclic amines) is 1. The van der Waals surface area contributed by atoms with Crippen molar-refractivity contribution in [2.75, 3.05) is 24.7 Å². The number of benzene rings is 2. The number of rotatable bonds is 8. The highest BCUT2D eigenvalue weighted by molar-refractivity contribution is 7.99. The third kappa shape index (κ3) is 7.32. The fourth-order valence-electron chi connectivity index (χ4n) is 5.74. The Morgan fingerprint density at radius 1 is 1.09 bits per heavy atom. The fraction of sp³-hybridized carbons (Fsp3) is 0.270. The molecule has 4 aromatic rings. The van der Waals surface area contributed by atoms with Crippen molar-refractivity contribution in [3.63, 3.8) is 0 Å². The summed E-state index contributed by atoms with van der Waals surface area (Å²) in [6, 6.07) is 21.1. The molecule has 2 aromatic heterocycles. The van der Waals surface area contributed by atoms with Crippen LogP contribution < -0.4 is 5.56 Å². The zero-order valence-corrected chi connectivity index (χ0v) is 27.0. The minimum absolute atomic E-state index is 0.0614. The molecule has 0 amide bonds. The first-order valence-electron chi connectivity index (χ1n) is 15.3. The molecular formula is C37H39ClN4OS. The Kier molecular flexibility index (Phi) is 11.1. The molecule has 0 aliphatic carbocycles. The fourth-order valence-corrected chi connectivity index (χ4v) is 6.86. The second-order valence-corrected chi connectivity index (χ2v) is 11.9. The summed E-state index contributed by atoms with van der Waals surface area (Å²) in [5.74, 6) is 1.76. The van der Waals surface area contributed by atoms with Gasteiger partial charge in [-0.25, -0.2) is 4.98 Å². The van der Waals surface area contributed by atoms with Crippen molar-refractivity contribution in [1.29, 1.82) is 0 Å². The summed E-state index contributed by atoms with van der Waals surface area (Å²) in [7, 11) is 0. The first-order chi connectivity index (χ1) is 21.6. The first kappa shape index (κ1) is 31.7. The Balaban J connectivity index is 0.00000188. The van der Waals surface area contributed by atoms with E-state index < -0.39 is 0 Å². The molecule has 5 nitrogen and oxygen atoms in total. The number of fused-ring (bicyclic) bond motifs is 2. The molecule has 4 heterocycles. The number of pyridine rings is 1. The number of hydrogen-bond donors (Lipinski definition) is 0. The number of nitrogens with zero attached hydrogens (tertiary/aromatic N) is 4. The van der Waals surface area contributed by atoms with Gasteiger partial charge in [0.25, 0.3) is 5.56 Å². The van der Waals surface area contributed by atoms with Crippen LogP contribution in [0.3, 0.4) is 0 Å². The molecule has 2 aromatic carbocycles. The van der Waals surface area contributed by atoms with E-state index in [9.17, 15) is 4.79 Å². The van der Waals surface area contributed by atoms with E-state index in [0.717, 1.165) is 53.1 Å². The van der Waals surface area contributed by atoms with Gasteiger partial charge in [0.2, 0.25) is 0 Å². The molecule has 1 saturated heterocycles. The van der Waals surface area contributed by atoms with E-state index in [1.165, 1.54) is 30.2 Å². The van der Waals surface area contributed by atoms with Gasteiger partial charge >= 0.3 is 0 Å². The van der Waals surface area contributed by atoms with Gasteiger partial charge in [0, 0.05) is 23.6 Å². The lowest BCUT2D eigenvalue weighted by Crippen LogP contribution is -2.32. The van der Waals surface area contributed by atoms with E-state index >= 15 is 0 Å². The van der Waals surface area contributed by atoms with Crippen LogP contribution in [-0.2, 0) is 6.54 Å². The van der Waals surface area contributed by atoms with Gasteiger partial charge in [-0.3, -0.25) is 19.2 Å². The summed E-state index contributed by atoms with van der Waals surface area (Å²) in [5.41, 5.74) is 6.99. The number of thioether (sulfide) groups is 1. The van der Waals surface area contributed by atoms with Crippen LogP contribution in [0.15, 0.2) is 119 Å². The van der Waals surface area contributed by atoms with Crippen molar-refractivity contribution in [2.24, 2.45) is 0 Å². The number of aromatic nitrogens is 3. The molecular weight excluding hydrogens is 584 g/mol. The average Bonchev–Trinajstić information content (AvgIpc) is 3.08. The van der Waals surface area contributed by atoms with Crippen LogP contribution in [0, 0.1) is 0 Å². The number of alkyl halides is 1. The topological polar surface area (TPSA) is 51.0 Å². The molecule has 6 rings (SSSR count). The first-order valence-corrected chi connectivity index (χ1v) is 16.8. The van der Waals surface area contributed by atoms with Gasteiger partial charge in [0.15, 0.2) is 0 Å². The Labute approximate surface area is 269 Å². The third-order valence-corrected chi connectivity index (χ3v) is 9.25. The van der Waals surface area contributed by atoms with Crippen molar-refractivity contribution in [1.82, 2.24) is 19.4 Å². The van der Waals surface area contributed by atoms with E-state index in [4.69, 9.17) is 16.6 Å². The molecule has 44 heavy (non-hydrogen) atoms. The van der Waals surface area contributed by atoms with Crippen LogP contribution in [-0.4, -0.2) is 44.2 Å². The van der Waals surface area contributed by atoms with Crippen LogP contribution in [0.4, 0.5) is 0 Å². The number of halogens is 1. The quantitative estimate of drug-likeness (QED) is 0.145. The molecule has 1 fully saturated rings. The molecule has 0 saturated carbocycles. The monoisotopic (exact) mass is 622 g/mol. The number of hydrogen-bond acceptors (Lipinski definition) is 5. The van der Waals surface area contributed by atoms with Crippen molar-refractivity contribution in [3.05, 3.63) is 136 Å². The smallest absolute Gasteiger partial charge is 0.272 e. The molecule has 2 aliphatic heterocycles. The van der Waals surface area contributed by atoms with E-state index in [2.05, 4.69) is 58.9 Å². The minimum atomic E-state index is -0.0614. The molecule has 0 radical (unpaired) electrons. The van der Waals surface area contributed by atoms with Crippen LogP contribution in [0.5, 0.6) is 0 Å². The lowest BCUT2D eigenvalue weighted by molar-refractivity contribution is 0.203. The second-order valence-electron chi connectivity index (χ2n) is 10.6. The van der Waals surface area contributed by atoms with Gasteiger partial charge in [-0.1, -0.05) is 81.1 Å². The lowest BCUT2D eigenvalue weighted by Gasteiger charge is -2.32. The molecule has 2 aliphatic rings. The van der Waals surface area contributed by atoms with Gasteiger partial charge in [0.05, 0.1) is 27.5 Å². The highest BCUT2D eigenvalue weighted by atomic mass is 35.5. The highest BCUT2D eigenvalue weighted by Gasteiger charge is 2.21. The molecule has 0 spiro atoms. The summed E-state index contributed by atoms with van der Waals surface area (Å²) in [6.45, 7) is 10.8. The molecule has 0 unspecified atom stereocenters. The van der Waals surface area contributed by atoms with E-state index in [1.54, 1.807) is 17.0 Å². The van der Waals surface area contributed by atoms with Crippen molar-refractivity contribution in [2.45, 2.75) is 44.0 Å². The average molecular weight is 623 g/mol. The molecule has 0 N–H and O–H groups in total. The summed E-state index contributed by atoms with van der Waals surface area (Å²) in [4.78, 5) is 26.3. The van der Waals surface area contributed by atoms with Gasteiger partial charge < -0.3 is 0 Å². The zero-order chi connectivity index (χ0) is 30.9. The van der Waals surface area contributed by atoms with Gasteiger partial charge in [-0.05, 0) is 78.9 Å². The van der Waals surface area contributed by atoms with E-state index in [-0.39, 0.29) is 5.56 Å². The Morgan fingerprint density at radius 2 is 1.89 bits per heavy atom. The summed E-state index contributed by atoms with van der Waals surface area (Å²) in [6.07, 6.45) is 13.5. The standard InChI is InChI=1S/C35H33ClN4OS.C2H6/c1-2-7-25(10-6-17-36)29-21-33-34(42-23-29)35(41)40(24-37-33)31-13-14-32-28(20-31)11-12-30(38-32)22-39-18-15-27(16-19-39)26-8-4-3-5-9-26;1-2/h2-14,20-21,24,27H,1,15-19,22-23H2;1-2H3/b10-6-,25-7+;. The van der Waals surface area contributed by atoms with E-state index in [1.807, 2.05) is 56.4 Å². The Bertz CT molecular complexity index is 1750. The van der Waals surface area contributed by atoms with E-state index in [0.29, 0.717) is 28.1 Å². The summed E-state index contributed by atoms with van der Waals surface area (Å²) >= 11 is 7.36. The second kappa shape index (κ2) is 15.3. The van der Waals surface area contributed by atoms with Gasteiger partial charge in [0.1, 0.15) is 6.33 Å². The predicted octanol–water partition coefficient (Wildman–Crippen LogP) is 8.58. The van der Waals surface area contributed by atoms with Crippen LogP contribution in [0.1, 0.15) is 49.6 Å². The SMILES string of the molecule is C=C/C=C(\C=C/CCl)C1=Cc2ncn(-c3ccc4nc(CN5CCC(c6ccccc6)CC5)ccc4c3)c(=O)c2SC1.CC. The zero-order valence-electron chi connectivity index (χ0n) is 25.5. The molecule has 226 valence electrons. The molecule has 0 bridgehead atoms. The molecule has 7 heteroatoms. The van der Waals surface area contributed by atoms with Crippen molar-refractivity contribution >= 4 is 40.3 Å². The number of piperidine rings is 1. The van der Waals surface area contributed by atoms with Crippen LogP contribution >= 0.6 is 23.4 Å². The Morgan fingerprint density at radius 3 is 2.64 bits per heavy atom. The largest absolute Gasteiger partial charge is 0.297 e. The molecule has 0 atom stereocenters. The highest BCUT2D eigenvalue weighted by Crippen LogP contribution is 2.32. The lowest BCUT2D eigenvalue weighted by atomic mass is 9.89. The van der Waals surface area contributed by atoms with Crippen molar-refractivity contribution < 1.29 is 0 Å². The predicted molar refractivity (Wildman–Crippen MR) is 187 cm³/mol. The van der Waals surface area contributed by atoms with Crippen LogP contribution in [0.25, 0.3) is 22.7 Å². The maximum absolute atomic E-state index is 13.5. The minimum Gasteiger partial charge on any atom is -0.297 e. The summed E-state index contributed by atoms with van der Waals surface area (Å²) in [5, 5.41) is 1.00. The Hall–Kier alpha value is -3.71. The van der Waals surface area contributed by atoms with Gasteiger partial charge in [-0.15, -0.1) is 23.4 Å². The normalized spacial score (nSPS) is 15.9. The maximum atomic E-state index is 13.5. The third-order valence-electron chi connectivity index (χ3n) is 7.95.